The summed E-state index contributed by atoms with van der Waals surface area (Å²) < 4.78 is 34.7. The fraction of sp³-hybridized carbons (Fsp3) is 0.276. The molecule has 0 spiro atoms. The van der Waals surface area contributed by atoms with E-state index in [-0.39, 0.29) is 12.2 Å². The molecule has 0 amide bonds. The van der Waals surface area contributed by atoms with E-state index in [4.69, 9.17) is 4.74 Å². The first kappa shape index (κ1) is 24.9. The van der Waals surface area contributed by atoms with Crippen molar-refractivity contribution in [3.8, 4) is 28.6 Å². The molecular formula is C29H28FN4O2P. The van der Waals surface area contributed by atoms with Gasteiger partial charge in [-0.15, -0.1) is 0 Å². The molecule has 0 unspecified atom stereocenters. The zero-order chi connectivity index (χ0) is 26.5. The molecule has 0 atom stereocenters. The van der Waals surface area contributed by atoms with Crippen molar-refractivity contribution in [2.75, 3.05) is 20.4 Å². The van der Waals surface area contributed by atoms with Crippen LogP contribution in [0.15, 0.2) is 53.7 Å². The van der Waals surface area contributed by atoms with Crippen molar-refractivity contribution in [2.24, 2.45) is 4.99 Å². The Bertz CT molecular complexity index is 1660. The second-order valence-corrected chi connectivity index (χ2v) is 13.5. The predicted molar refractivity (Wildman–Crippen MR) is 147 cm³/mol. The Labute approximate surface area is 215 Å². The number of hydrogen-bond donors (Lipinski definition) is 0. The van der Waals surface area contributed by atoms with E-state index in [0.29, 0.717) is 17.7 Å². The molecule has 0 N–H and O–H groups in total. The van der Waals surface area contributed by atoms with Crippen LogP contribution in [0.3, 0.4) is 0 Å². The van der Waals surface area contributed by atoms with Crippen LogP contribution in [0.1, 0.15) is 37.1 Å². The maximum atomic E-state index is 13.9. The van der Waals surface area contributed by atoms with Crippen LogP contribution in [-0.4, -0.2) is 36.2 Å². The summed E-state index contributed by atoms with van der Waals surface area (Å²) in [4.78, 5) is 9.03. The number of rotatable bonds is 6. The number of benzene rings is 2. The average molecular weight is 515 g/mol. The van der Waals surface area contributed by atoms with Crippen molar-refractivity contribution >= 4 is 29.7 Å². The summed E-state index contributed by atoms with van der Waals surface area (Å²) >= 11 is 0. The first-order chi connectivity index (χ1) is 17.5. The largest absolute Gasteiger partial charge is 0.496 e. The van der Waals surface area contributed by atoms with Gasteiger partial charge < -0.3 is 13.9 Å². The summed E-state index contributed by atoms with van der Waals surface area (Å²) in [5.41, 5.74) is 6.24. The Morgan fingerprint density at radius 1 is 1.19 bits per heavy atom. The Hall–Kier alpha value is -3.75. The highest BCUT2D eigenvalue weighted by atomic mass is 31.2. The van der Waals surface area contributed by atoms with Gasteiger partial charge in [0.15, 0.2) is 0 Å². The number of methoxy groups -OCH3 is 1. The van der Waals surface area contributed by atoms with E-state index >= 15 is 0 Å². The molecule has 0 saturated heterocycles. The van der Waals surface area contributed by atoms with Crippen molar-refractivity contribution in [2.45, 2.75) is 32.2 Å². The van der Waals surface area contributed by atoms with Gasteiger partial charge in [-0.05, 0) is 60.9 Å². The van der Waals surface area contributed by atoms with Gasteiger partial charge >= 0.3 is 0 Å². The number of halogens is 1. The molecule has 6 nitrogen and oxygen atoms in total. The second-order valence-electron chi connectivity index (χ2n) is 10.4. The maximum Gasteiger partial charge on any atom is 0.130 e. The minimum Gasteiger partial charge on any atom is -0.496 e. The van der Waals surface area contributed by atoms with Gasteiger partial charge in [0, 0.05) is 58.2 Å². The van der Waals surface area contributed by atoms with Gasteiger partial charge in [-0.25, -0.2) is 4.39 Å². The van der Waals surface area contributed by atoms with E-state index in [1.165, 1.54) is 12.1 Å². The first-order valence-corrected chi connectivity index (χ1v) is 14.6. The Balaban J connectivity index is 1.96. The van der Waals surface area contributed by atoms with Crippen LogP contribution < -0.4 is 10.2 Å². The lowest BCUT2D eigenvalue weighted by Gasteiger charge is -2.27. The Kier molecular flexibility index (Phi) is 6.04. The fourth-order valence-electron chi connectivity index (χ4n) is 5.02. The van der Waals surface area contributed by atoms with Gasteiger partial charge in [-0.2, -0.15) is 5.26 Å². The molecule has 8 heteroatoms. The van der Waals surface area contributed by atoms with Crippen LogP contribution in [0.5, 0.6) is 5.75 Å². The molecule has 5 rings (SSSR count). The van der Waals surface area contributed by atoms with E-state index in [1.54, 1.807) is 44.8 Å². The maximum absolute atomic E-state index is 13.9. The number of nitriles is 1. The lowest BCUT2D eigenvalue weighted by Crippen LogP contribution is -2.22. The monoisotopic (exact) mass is 514 g/mol. The molecule has 4 aromatic rings. The average Bonchev–Trinajstić information content (AvgIpc) is 3.44. The second kappa shape index (κ2) is 8.97. The number of pyridine rings is 1. The minimum absolute atomic E-state index is 0.256. The SMILES string of the molecule is COc1cc(P(C)(C)=O)ncc1-c1c(C(C)(C)CC#N)n(-c2ccc(F)cc2)c2cc3c(cc12)CN=C3. The summed E-state index contributed by atoms with van der Waals surface area (Å²) in [6.07, 6.45) is 3.84. The predicted octanol–water partition coefficient (Wildman–Crippen LogP) is 6.21. The van der Waals surface area contributed by atoms with Crippen molar-refractivity contribution in [3.63, 3.8) is 0 Å². The van der Waals surface area contributed by atoms with Crippen molar-refractivity contribution in [1.29, 1.82) is 5.26 Å². The lowest BCUT2D eigenvalue weighted by atomic mass is 9.82. The zero-order valence-corrected chi connectivity index (χ0v) is 22.4. The topological polar surface area (TPSA) is 80.3 Å². The minimum atomic E-state index is -2.62. The Morgan fingerprint density at radius 3 is 2.57 bits per heavy atom. The first-order valence-electron chi connectivity index (χ1n) is 12.0. The Morgan fingerprint density at radius 2 is 1.92 bits per heavy atom. The molecule has 188 valence electrons. The number of aliphatic imine (C=N–C) groups is 1. The molecule has 2 aromatic carbocycles. The van der Waals surface area contributed by atoms with Crippen LogP contribution in [0.4, 0.5) is 4.39 Å². The molecular weight excluding hydrogens is 486 g/mol. The highest BCUT2D eigenvalue weighted by Gasteiger charge is 2.34. The van der Waals surface area contributed by atoms with Crippen molar-refractivity contribution in [1.82, 2.24) is 9.55 Å². The quantitative estimate of drug-likeness (QED) is 0.287. The summed E-state index contributed by atoms with van der Waals surface area (Å²) in [5.74, 6) is 0.231. The van der Waals surface area contributed by atoms with Gasteiger partial charge in [0.05, 0.1) is 25.2 Å². The third-order valence-corrected chi connectivity index (χ3v) is 8.21. The highest BCUT2D eigenvalue weighted by molar-refractivity contribution is 7.69. The van der Waals surface area contributed by atoms with Gasteiger partial charge in [0.2, 0.25) is 0 Å². The summed E-state index contributed by atoms with van der Waals surface area (Å²) in [7, 11) is -1.04. The third-order valence-electron chi connectivity index (χ3n) is 6.86. The van der Waals surface area contributed by atoms with E-state index in [0.717, 1.165) is 44.5 Å². The molecule has 1 aliphatic rings. The molecule has 3 heterocycles. The molecule has 0 radical (unpaired) electrons. The van der Waals surface area contributed by atoms with E-state index in [2.05, 4.69) is 32.7 Å². The smallest absolute Gasteiger partial charge is 0.130 e. The van der Waals surface area contributed by atoms with Gasteiger partial charge in [0.25, 0.3) is 0 Å². The van der Waals surface area contributed by atoms with Crippen molar-refractivity contribution in [3.05, 3.63) is 71.3 Å². The van der Waals surface area contributed by atoms with Crippen LogP contribution >= 0.6 is 7.14 Å². The van der Waals surface area contributed by atoms with Crippen LogP contribution in [0.25, 0.3) is 27.7 Å². The summed E-state index contributed by atoms with van der Waals surface area (Å²) in [6.45, 7) is 8.01. The molecule has 0 aliphatic carbocycles. The molecule has 0 saturated carbocycles. The van der Waals surface area contributed by atoms with E-state index in [1.807, 2.05) is 20.1 Å². The normalized spacial score (nSPS) is 13.1. The third kappa shape index (κ3) is 4.26. The molecule has 0 bridgehead atoms. The van der Waals surface area contributed by atoms with Gasteiger partial charge in [-0.3, -0.25) is 9.98 Å². The van der Waals surface area contributed by atoms with Crippen LogP contribution in [-0.2, 0) is 16.5 Å². The number of hydrogen-bond acceptors (Lipinski definition) is 5. The van der Waals surface area contributed by atoms with Crippen LogP contribution in [0.2, 0.25) is 0 Å². The molecule has 37 heavy (non-hydrogen) atoms. The van der Waals surface area contributed by atoms with Crippen molar-refractivity contribution < 1.29 is 13.7 Å². The van der Waals surface area contributed by atoms with E-state index in [9.17, 15) is 14.2 Å². The van der Waals surface area contributed by atoms with Gasteiger partial charge in [0.1, 0.15) is 24.1 Å². The van der Waals surface area contributed by atoms with Gasteiger partial charge in [-0.1, -0.05) is 13.8 Å². The summed E-state index contributed by atoms with van der Waals surface area (Å²) in [6, 6.07) is 14.7. The lowest BCUT2D eigenvalue weighted by molar-refractivity contribution is 0.416. The molecule has 1 aliphatic heterocycles. The highest BCUT2D eigenvalue weighted by Crippen LogP contribution is 2.47. The molecule has 2 aromatic heterocycles. The van der Waals surface area contributed by atoms with Crippen LogP contribution in [0, 0.1) is 17.1 Å². The zero-order valence-electron chi connectivity index (χ0n) is 21.5. The van der Waals surface area contributed by atoms with E-state index < -0.39 is 12.6 Å². The fourth-order valence-corrected chi connectivity index (χ4v) is 5.79. The number of nitrogens with zero attached hydrogens (tertiary/aromatic N) is 4. The summed E-state index contributed by atoms with van der Waals surface area (Å²) in [5, 5.41) is 10.7. The number of ether oxygens (including phenoxy) is 1. The standard InChI is InChI=1S/C29H28FN4O2P/c1-29(2,10-11-31)28-27(23-17-33-26(37(4,5)35)14-25(23)36-3)22-12-18-15-32-16-19(18)13-24(22)34(28)21-8-6-20(30)7-9-21/h6-9,12-14,16-17H,10,15H2,1-5H3. The number of aromatic nitrogens is 2. The number of fused-ring (bicyclic) bond motifs is 2. The molecule has 0 fully saturated rings.